The number of rotatable bonds is 3. The lowest BCUT2D eigenvalue weighted by Gasteiger charge is -2.37. The summed E-state index contributed by atoms with van der Waals surface area (Å²) in [6.45, 7) is 3.53. The number of nitrogens with one attached hydrogen (secondary N) is 1. The second-order valence-electron chi connectivity index (χ2n) is 6.67. The predicted octanol–water partition coefficient (Wildman–Crippen LogP) is 3.93. The highest BCUT2D eigenvalue weighted by molar-refractivity contribution is 6.42. The van der Waals surface area contributed by atoms with Gasteiger partial charge in [0.2, 0.25) is 5.91 Å². The first kappa shape index (κ1) is 18.4. The SMILES string of the molecule is CN1CC(C(=O)NC(C)(C)c2cccc(Cl)c2Cl)CC(F)(F)C1. The summed E-state index contributed by atoms with van der Waals surface area (Å²) in [6.07, 6.45) is -0.442. The van der Waals surface area contributed by atoms with Crippen molar-refractivity contribution in [3.63, 3.8) is 0 Å². The Morgan fingerprint density at radius 2 is 2.04 bits per heavy atom. The van der Waals surface area contributed by atoms with Gasteiger partial charge in [0, 0.05) is 13.0 Å². The van der Waals surface area contributed by atoms with Crippen LogP contribution in [0.3, 0.4) is 0 Å². The standard InChI is InChI=1S/C16H20Cl2F2N2O/c1-15(2,11-5-4-6-12(17)13(11)18)21-14(23)10-7-16(19,20)9-22(3)8-10/h4-6,10H,7-9H2,1-3H3,(H,21,23). The van der Waals surface area contributed by atoms with Gasteiger partial charge in [-0.2, -0.15) is 0 Å². The first-order chi connectivity index (χ1) is 10.5. The van der Waals surface area contributed by atoms with E-state index in [1.165, 1.54) is 4.90 Å². The molecule has 7 heteroatoms. The molecule has 1 aliphatic rings. The van der Waals surface area contributed by atoms with Crippen molar-refractivity contribution < 1.29 is 13.6 Å². The topological polar surface area (TPSA) is 32.3 Å². The fourth-order valence-electron chi connectivity index (χ4n) is 2.96. The molecule has 23 heavy (non-hydrogen) atoms. The Balaban J connectivity index is 2.16. The first-order valence-corrected chi connectivity index (χ1v) is 8.10. The quantitative estimate of drug-likeness (QED) is 0.880. The molecule has 1 unspecified atom stereocenters. The minimum atomic E-state index is -2.85. The molecule has 1 saturated heterocycles. The summed E-state index contributed by atoms with van der Waals surface area (Å²) in [5, 5.41) is 3.56. The van der Waals surface area contributed by atoms with E-state index in [9.17, 15) is 13.6 Å². The van der Waals surface area contributed by atoms with E-state index in [4.69, 9.17) is 23.2 Å². The van der Waals surface area contributed by atoms with Gasteiger partial charge >= 0.3 is 0 Å². The molecule has 1 amide bonds. The summed E-state index contributed by atoms with van der Waals surface area (Å²) in [5.41, 5.74) is -0.166. The van der Waals surface area contributed by atoms with E-state index in [-0.39, 0.29) is 6.54 Å². The van der Waals surface area contributed by atoms with Gasteiger partial charge in [0.1, 0.15) is 0 Å². The second kappa shape index (κ2) is 6.54. The Labute approximate surface area is 144 Å². The molecule has 0 bridgehead atoms. The number of halogens is 4. The fraction of sp³-hybridized carbons (Fsp3) is 0.562. The van der Waals surface area contributed by atoms with Gasteiger partial charge in [-0.05, 0) is 32.5 Å². The molecule has 1 aliphatic heterocycles. The number of benzene rings is 1. The van der Waals surface area contributed by atoms with Gasteiger partial charge in [0.15, 0.2) is 0 Å². The van der Waals surface area contributed by atoms with Gasteiger partial charge in [0.05, 0.1) is 28.0 Å². The summed E-state index contributed by atoms with van der Waals surface area (Å²) in [5.74, 6) is -4.02. The van der Waals surface area contributed by atoms with Crippen molar-refractivity contribution in [2.75, 3.05) is 20.1 Å². The van der Waals surface area contributed by atoms with Gasteiger partial charge in [0.25, 0.3) is 5.92 Å². The lowest BCUT2D eigenvalue weighted by molar-refractivity contribution is -0.137. The third-order valence-electron chi connectivity index (χ3n) is 4.01. The van der Waals surface area contributed by atoms with Crippen LogP contribution in [0.5, 0.6) is 0 Å². The minimum Gasteiger partial charge on any atom is -0.347 e. The number of nitrogens with zero attached hydrogens (tertiary/aromatic N) is 1. The van der Waals surface area contributed by atoms with Crippen LogP contribution in [0.25, 0.3) is 0 Å². The van der Waals surface area contributed by atoms with Gasteiger partial charge in [-0.15, -0.1) is 0 Å². The first-order valence-electron chi connectivity index (χ1n) is 7.35. The lowest BCUT2D eigenvalue weighted by atomic mass is 9.90. The Morgan fingerprint density at radius 1 is 1.39 bits per heavy atom. The highest BCUT2D eigenvalue weighted by atomic mass is 35.5. The predicted molar refractivity (Wildman–Crippen MR) is 88.2 cm³/mol. The monoisotopic (exact) mass is 364 g/mol. The number of hydrogen-bond acceptors (Lipinski definition) is 2. The number of amides is 1. The molecule has 1 heterocycles. The molecule has 1 atom stereocenters. The van der Waals surface area contributed by atoms with Crippen LogP contribution in [0.1, 0.15) is 25.8 Å². The Morgan fingerprint density at radius 3 is 2.65 bits per heavy atom. The molecule has 128 valence electrons. The Bertz CT molecular complexity index is 608. The minimum absolute atomic E-state index is 0.306. The van der Waals surface area contributed by atoms with E-state index in [0.717, 1.165) is 0 Å². The van der Waals surface area contributed by atoms with Crippen LogP contribution in [0, 0.1) is 5.92 Å². The van der Waals surface area contributed by atoms with Crippen molar-refractivity contribution >= 4 is 29.1 Å². The molecule has 0 saturated carbocycles. The zero-order valence-corrected chi connectivity index (χ0v) is 14.8. The van der Waals surface area contributed by atoms with Crippen molar-refractivity contribution in [3.8, 4) is 0 Å². The molecule has 1 aromatic rings. The molecule has 3 nitrogen and oxygen atoms in total. The average Bonchev–Trinajstić information content (AvgIpc) is 2.38. The Kier molecular flexibility index (Phi) is 5.24. The molecule has 0 spiro atoms. The van der Waals surface area contributed by atoms with Gasteiger partial charge in [-0.3, -0.25) is 9.69 Å². The fourth-order valence-corrected chi connectivity index (χ4v) is 3.50. The third-order valence-corrected chi connectivity index (χ3v) is 4.83. The molecule has 2 rings (SSSR count). The summed E-state index contributed by atoms with van der Waals surface area (Å²) < 4.78 is 27.4. The smallest absolute Gasteiger partial charge is 0.261 e. The van der Waals surface area contributed by atoms with Crippen LogP contribution >= 0.6 is 23.2 Å². The van der Waals surface area contributed by atoms with Crippen LogP contribution in [-0.2, 0) is 10.3 Å². The molecule has 0 aromatic heterocycles. The maximum Gasteiger partial charge on any atom is 0.261 e. The molecule has 0 aliphatic carbocycles. The molecule has 1 fully saturated rings. The average molecular weight is 365 g/mol. The number of carbonyl (C=O) groups is 1. The highest BCUT2D eigenvalue weighted by Crippen LogP contribution is 2.34. The summed E-state index contributed by atoms with van der Waals surface area (Å²) in [6, 6.07) is 5.15. The number of hydrogen-bond donors (Lipinski definition) is 1. The van der Waals surface area contributed by atoms with Gasteiger partial charge in [-0.25, -0.2) is 8.78 Å². The van der Waals surface area contributed by atoms with E-state index >= 15 is 0 Å². The number of carbonyl (C=O) groups excluding carboxylic acids is 1. The summed E-state index contributed by atoms with van der Waals surface area (Å²) >= 11 is 12.2. The lowest BCUT2D eigenvalue weighted by Crippen LogP contribution is -2.52. The normalized spacial score (nSPS) is 22.0. The van der Waals surface area contributed by atoms with Gasteiger partial charge < -0.3 is 5.32 Å². The van der Waals surface area contributed by atoms with Crippen molar-refractivity contribution in [1.29, 1.82) is 0 Å². The van der Waals surface area contributed by atoms with E-state index in [0.29, 0.717) is 22.2 Å². The van der Waals surface area contributed by atoms with E-state index < -0.39 is 29.7 Å². The summed E-state index contributed by atoms with van der Waals surface area (Å²) in [4.78, 5) is 13.9. The van der Waals surface area contributed by atoms with Crippen LogP contribution < -0.4 is 5.32 Å². The number of likely N-dealkylation sites (tertiary alicyclic amines) is 1. The molecule has 1 N–H and O–H groups in total. The molecular formula is C16H20Cl2F2N2O. The maximum atomic E-state index is 13.7. The summed E-state index contributed by atoms with van der Waals surface area (Å²) in [7, 11) is 1.59. The van der Waals surface area contributed by atoms with Gasteiger partial charge in [-0.1, -0.05) is 35.3 Å². The Hall–Kier alpha value is -0.910. The van der Waals surface area contributed by atoms with E-state index in [2.05, 4.69) is 5.32 Å². The van der Waals surface area contributed by atoms with Crippen LogP contribution in [0.15, 0.2) is 18.2 Å². The van der Waals surface area contributed by atoms with Crippen LogP contribution in [0.2, 0.25) is 10.0 Å². The largest absolute Gasteiger partial charge is 0.347 e. The second-order valence-corrected chi connectivity index (χ2v) is 7.45. The molecule has 1 aromatic carbocycles. The maximum absolute atomic E-state index is 13.7. The third kappa shape index (κ3) is 4.34. The van der Waals surface area contributed by atoms with Crippen molar-refractivity contribution in [1.82, 2.24) is 10.2 Å². The van der Waals surface area contributed by atoms with E-state index in [1.807, 2.05) is 0 Å². The van der Waals surface area contributed by atoms with Crippen molar-refractivity contribution in [2.24, 2.45) is 5.92 Å². The van der Waals surface area contributed by atoms with E-state index in [1.54, 1.807) is 39.1 Å². The zero-order chi connectivity index (χ0) is 17.4. The molecule has 0 radical (unpaired) electrons. The number of alkyl halides is 2. The van der Waals surface area contributed by atoms with Crippen molar-refractivity contribution in [2.45, 2.75) is 31.7 Å². The van der Waals surface area contributed by atoms with Crippen LogP contribution in [-0.4, -0.2) is 36.9 Å². The zero-order valence-electron chi connectivity index (χ0n) is 13.3. The van der Waals surface area contributed by atoms with Crippen LogP contribution in [0.4, 0.5) is 8.78 Å². The van der Waals surface area contributed by atoms with Crippen molar-refractivity contribution in [3.05, 3.63) is 33.8 Å². The highest BCUT2D eigenvalue weighted by Gasteiger charge is 2.42. The molecular weight excluding hydrogens is 345 g/mol. The number of piperidine rings is 1.